The van der Waals surface area contributed by atoms with Crippen LogP contribution in [0.5, 0.6) is 5.88 Å². The summed E-state index contributed by atoms with van der Waals surface area (Å²) < 4.78 is 23.8. The molecule has 0 spiro atoms. The van der Waals surface area contributed by atoms with E-state index in [9.17, 15) is 4.39 Å². The first kappa shape index (κ1) is 16.0. The van der Waals surface area contributed by atoms with Gasteiger partial charge in [0.25, 0.3) is 0 Å². The van der Waals surface area contributed by atoms with Crippen LogP contribution in [-0.4, -0.2) is 35.2 Å². The fraction of sp³-hybridized carbons (Fsp3) is 0.368. The maximum absolute atomic E-state index is 13.3. The Balaban J connectivity index is 1.42. The number of fused-ring (bicyclic) bond motifs is 1. The zero-order chi connectivity index (χ0) is 17.2. The molecule has 130 valence electrons. The van der Waals surface area contributed by atoms with E-state index in [2.05, 4.69) is 15.0 Å². The van der Waals surface area contributed by atoms with Crippen molar-refractivity contribution in [3.8, 4) is 5.88 Å². The van der Waals surface area contributed by atoms with Crippen molar-refractivity contribution in [1.82, 2.24) is 15.0 Å². The summed E-state index contributed by atoms with van der Waals surface area (Å²) in [6, 6.07) is 8.64. The monoisotopic (exact) mass is 341 g/mol. The molecule has 1 saturated heterocycles. The SMILES string of the molecule is COc1cc(CN2CCC(c3noc4cc(F)ccc34)CC2)ccn1. The van der Waals surface area contributed by atoms with Crippen LogP contribution in [0, 0.1) is 5.82 Å². The zero-order valence-corrected chi connectivity index (χ0v) is 14.1. The van der Waals surface area contributed by atoms with Crippen LogP contribution in [0.15, 0.2) is 41.1 Å². The second-order valence-electron chi connectivity index (χ2n) is 6.47. The molecule has 0 bridgehead atoms. The van der Waals surface area contributed by atoms with Crippen molar-refractivity contribution in [2.75, 3.05) is 20.2 Å². The first-order chi connectivity index (χ1) is 12.2. The number of hydrogen-bond donors (Lipinski definition) is 0. The van der Waals surface area contributed by atoms with Crippen LogP contribution in [0.2, 0.25) is 0 Å². The number of aromatic nitrogens is 2. The molecule has 25 heavy (non-hydrogen) atoms. The van der Waals surface area contributed by atoms with Gasteiger partial charge in [0.2, 0.25) is 5.88 Å². The fourth-order valence-corrected chi connectivity index (χ4v) is 3.51. The molecule has 0 radical (unpaired) electrons. The number of rotatable bonds is 4. The number of hydrogen-bond acceptors (Lipinski definition) is 5. The van der Waals surface area contributed by atoms with Crippen LogP contribution in [-0.2, 0) is 6.54 Å². The Labute approximate surface area is 145 Å². The first-order valence-electron chi connectivity index (χ1n) is 8.49. The second kappa shape index (κ2) is 6.80. The van der Waals surface area contributed by atoms with E-state index in [1.54, 1.807) is 19.4 Å². The molecule has 1 aromatic carbocycles. The van der Waals surface area contributed by atoms with Gasteiger partial charge >= 0.3 is 0 Å². The highest BCUT2D eigenvalue weighted by Crippen LogP contribution is 2.33. The van der Waals surface area contributed by atoms with Crippen molar-refractivity contribution in [3.05, 3.63) is 53.6 Å². The van der Waals surface area contributed by atoms with Crippen molar-refractivity contribution >= 4 is 11.0 Å². The van der Waals surface area contributed by atoms with Crippen molar-refractivity contribution < 1.29 is 13.7 Å². The molecule has 0 aliphatic carbocycles. The molecule has 1 aliphatic rings. The number of piperidine rings is 1. The lowest BCUT2D eigenvalue weighted by molar-refractivity contribution is 0.201. The van der Waals surface area contributed by atoms with Gasteiger partial charge in [0.15, 0.2) is 5.58 Å². The zero-order valence-electron chi connectivity index (χ0n) is 14.1. The van der Waals surface area contributed by atoms with Crippen molar-refractivity contribution in [2.45, 2.75) is 25.3 Å². The van der Waals surface area contributed by atoms with Crippen LogP contribution in [0.4, 0.5) is 4.39 Å². The van der Waals surface area contributed by atoms with Gasteiger partial charge in [-0.3, -0.25) is 4.90 Å². The average molecular weight is 341 g/mol. The quantitative estimate of drug-likeness (QED) is 0.723. The van der Waals surface area contributed by atoms with E-state index in [4.69, 9.17) is 9.26 Å². The van der Waals surface area contributed by atoms with Crippen LogP contribution in [0.25, 0.3) is 11.0 Å². The molecule has 3 heterocycles. The summed E-state index contributed by atoms with van der Waals surface area (Å²) in [4.78, 5) is 6.57. The number of methoxy groups -OCH3 is 1. The van der Waals surface area contributed by atoms with Gasteiger partial charge in [-0.05, 0) is 49.7 Å². The summed E-state index contributed by atoms with van der Waals surface area (Å²) in [5.41, 5.74) is 2.69. The van der Waals surface area contributed by atoms with Crippen molar-refractivity contribution in [3.63, 3.8) is 0 Å². The minimum absolute atomic E-state index is 0.294. The summed E-state index contributed by atoms with van der Waals surface area (Å²) in [6.07, 6.45) is 3.81. The van der Waals surface area contributed by atoms with E-state index in [-0.39, 0.29) is 5.82 Å². The number of benzene rings is 1. The summed E-state index contributed by atoms with van der Waals surface area (Å²) in [7, 11) is 1.63. The maximum atomic E-state index is 13.3. The van der Waals surface area contributed by atoms with E-state index in [0.29, 0.717) is 17.4 Å². The maximum Gasteiger partial charge on any atom is 0.213 e. The van der Waals surface area contributed by atoms with Crippen LogP contribution in [0.3, 0.4) is 0 Å². The van der Waals surface area contributed by atoms with Gasteiger partial charge in [-0.1, -0.05) is 5.16 Å². The lowest BCUT2D eigenvalue weighted by Gasteiger charge is -2.31. The number of halogens is 1. The Hall–Kier alpha value is -2.47. The molecule has 0 amide bonds. The van der Waals surface area contributed by atoms with Gasteiger partial charge in [-0.2, -0.15) is 0 Å². The molecule has 4 rings (SSSR count). The molecule has 5 nitrogen and oxygen atoms in total. The third-order valence-electron chi connectivity index (χ3n) is 4.85. The predicted molar refractivity (Wildman–Crippen MR) is 92.0 cm³/mol. The summed E-state index contributed by atoms with van der Waals surface area (Å²) in [5.74, 6) is 0.710. The molecule has 0 saturated carbocycles. The van der Waals surface area contributed by atoms with E-state index in [0.717, 1.165) is 43.6 Å². The van der Waals surface area contributed by atoms with Crippen molar-refractivity contribution in [1.29, 1.82) is 0 Å². The number of pyridine rings is 1. The predicted octanol–water partition coefficient (Wildman–Crippen LogP) is 3.75. The molecule has 2 aromatic heterocycles. The van der Waals surface area contributed by atoms with Crippen LogP contribution in [0.1, 0.15) is 30.0 Å². The molecule has 0 N–H and O–H groups in total. The highest BCUT2D eigenvalue weighted by molar-refractivity contribution is 5.79. The number of likely N-dealkylation sites (tertiary alicyclic amines) is 1. The Morgan fingerprint density at radius 2 is 2.08 bits per heavy atom. The van der Waals surface area contributed by atoms with Gasteiger partial charge in [0, 0.05) is 36.2 Å². The van der Waals surface area contributed by atoms with E-state index in [1.807, 2.05) is 12.1 Å². The largest absolute Gasteiger partial charge is 0.481 e. The lowest BCUT2D eigenvalue weighted by Crippen LogP contribution is -2.32. The summed E-state index contributed by atoms with van der Waals surface area (Å²) in [5, 5.41) is 5.14. The third kappa shape index (κ3) is 3.35. The number of nitrogens with zero attached hydrogens (tertiary/aromatic N) is 3. The van der Waals surface area contributed by atoms with Crippen LogP contribution >= 0.6 is 0 Å². The van der Waals surface area contributed by atoms with E-state index in [1.165, 1.54) is 17.7 Å². The standard InChI is InChI=1S/C19H20FN3O2/c1-24-18-10-13(4-7-21-18)12-23-8-5-14(6-9-23)19-16-3-2-15(20)11-17(16)25-22-19/h2-4,7,10-11,14H,5-6,8-9,12H2,1H3. The molecule has 6 heteroatoms. The molecule has 1 aliphatic heterocycles. The molecular formula is C19H20FN3O2. The second-order valence-corrected chi connectivity index (χ2v) is 6.47. The van der Waals surface area contributed by atoms with E-state index < -0.39 is 0 Å². The van der Waals surface area contributed by atoms with Crippen molar-refractivity contribution in [2.24, 2.45) is 0 Å². The molecule has 3 aromatic rings. The van der Waals surface area contributed by atoms with Crippen LogP contribution < -0.4 is 4.74 Å². The molecule has 0 unspecified atom stereocenters. The Morgan fingerprint density at radius 3 is 2.88 bits per heavy atom. The lowest BCUT2D eigenvalue weighted by atomic mass is 9.91. The van der Waals surface area contributed by atoms with E-state index >= 15 is 0 Å². The average Bonchev–Trinajstić information content (AvgIpc) is 3.05. The highest BCUT2D eigenvalue weighted by Gasteiger charge is 2.25. The Bertz CT molecular complexity index is 872. The smallest absolute Gasteiger partial charge is 0.213 e. The van der Waals surface area contributed by atoms with Gasteiger partial charge in [-0.15, -0.1) is 0 Å². The van der Waals surface area contributed by atoms with Gasteiger partial charge < -0.3 is 9.26 Å². The minimum Gasteiger partial charge on any atom is -0.481 e. The summed E-state index contributed by atoms with van der Waals surface area (Å²) >= 11 is 0. The minimum atomic E-state index is -0.294. The highest BCUT2D eigenvalue weighted by atomic mass is 19.1. The summed E-state index contributed by atoms with van der Waals surface area (Å²) in [6.45, 7) is 2.87. The molecule has 1 fully saturated rings. The first-order valence-corrected chi connectivity index (χ1v) is 8.49. The van der Waals surface area contributed by atoms with Gasteiger partial charge in [0.1, 0.15) is 5.82 Å². The normalized spacial score (nSPS) is 16.4. The topological polar surface area (TPSA) is 51.4 Å². The van der Waals surface area contributed by atoms with Gasteiger partial charge in [0.05, 0.1) is 12.8 Å². The van der Waals surface area contributed by atoms with Gasteiger partial charge in [-0.25, -0.2) is 9.37 Å². The molecule has 0 atom stereocenters. The Kier molecular flexibility index (Phi) is 4.36. The third-order valence-corrected chi connectivity index (χ3v) is 4.85. The fourth-order valence-electron chi connectivity index (χ4n) is 3.51. The Morgan fingerprint density at radius 1 is 1.24 bits per heavy atom. The molecular weight excluding hydrogens is 321 g/mol. The number of ether oxygens (including phenoxy) is 1.